The Morgan fingerprint density at radius 3 is 2.41 bits per heavy atom. The molecule has 4 nitrogen and oxygen atoms in total. The summed E-state index contributed by atoms with van der Waals surface area (Å²) >= 11 is 6.20. The normalized spacial score (nSPS) is 24.2. The van der Waals surface area contributed by atoms with Gasteiger partial charge in [-0.05, 0) is 30.2 Å². The quantitative estimate of drug-likeness (QED) is 0.534. The molecule has 3 aromatic rings. The highest BCUT2D eigenvalue weighted by Crippen LogP contribution is 2.46. The molecule has 5 heteroatoms. The molecule has 0 aromatic heterocycles. The second-order valence-electron chi connectivity index (χ2n) is 8.33. The number of benzene rings is 3. The Hall–Kier alpha value is -2.92. The van der Waals surface area contributed by atoms with E-state index >= 15 is 0 Å². The van der Waals surface area contributed by atoms with Gasteiger partial charge in [-0.3, -0.25) is 9.69 Å². The van der Waals surface area contributed by atoms with Crippen LogP contribution in [0.25, 0.3) is 0 Å². The highest BCUT2D eigenvalue weighted by atomic mass is 35.5. The van der Waals surface area contributed by atoms with Crippen LogP contribution in [0.1, 0.15) is 33.5 Å². The number of nitrogens with zero attached hydrogens (tertiary/aromatic N) is 1. The first-order valence-electron chi connectivity index (χ1n) is 10.8. The molecule has 2 aliphatic rings. The zero-order valence-corrected chi connectivity index (χ0v) is 18.3. The van der Waals surface area contributed by atoms with Crippen LogP contribution in [0.2, 0.25) is 5.02 Å². The lowest BCUT2D eigenvalue weighted by molar-refractivity contribution is -0.119. The number of carbonyl (C=O) groups is 1. The zero-order valence-electron chi connectivity index (χ0n) is 17.5. The SMILES string of the molecule is O=C1c2ccccc2C(OC[C@H]2C=C[C@@H](O)C2)(c2ccc(Cl)cc2)N1Cc1ccccc1. The second kappa shape index (κ2) is 8.55. The fraction of sp³-hybridized carbons (Fsp3) is 0.222. The number of rotatable bonds is 6. The molecule has 0 fully saturated rings. The number of aliphatic hydroxyl groups excluding tert-OH is 1. The van der Waals surface area contributed by atoms with Crippen molar-refractivity contribution < 1.29 is 14.6 Å². The third-order valence-corrected chi connectivity index (χ3v) is 6.47. The first kappa shape index (κ1) is 21.0. The van der Waals surface area contributed by atoms with Crippen molar-refractivity contribution in [2.24, 2.45) is 5.92 Å². The maximum Gasteiger partial charge on any atom is 0.257 e. The Balaban J connectivity index is 1.63. The highest BCUT2D eigenvalue weighted by Gasteiger charge is 2.52. The van der Waals surface area contributed by atoms with Gasteiger partial charge in [0.1, 0.15) is 0 Å². The molecule has 1 aliphatic carbocycles. The Kier molecular flexibility index (Phi) is 5.60. The summed E-state index contributed by atoms with van der Waals surface area (Å²) in [5.74, 6) is 0.0111. The average Bonchev–Trinajstić information content (AvgIpc) is 3.34. The largest absolute Gasteiger partial charge is 0.389 e. The summed E-state index contributed by atoms with van der Waals surface area (Å²) in [5.41, 5.74) is 2.24. The minimum atomic E-state index is -1.09. The van der Waals surface area contributed by atoms with Crippen molar-refractivity contribution in [2.45, 2.75) is 24.8 Å². The van der Waals surface area contributed by atoms with E-state index in [1.807, 2.05) is 89.8 Å². The van der Waals surface area contributed by atoms with Crippen LogP contribution in [0.4, 0.5) is 0 Å². The van der Waals surface area contributed by atoms with Crippen LogP contribution in [-0.2, 0) is 17.0 Å². The summed E-state index contributed by atoms with van der Waals surface area (Å²) in [6, 6.07) is 25.1. The standard InChI is InChI=1S/C27H24ClNO3/c28-22-13-11-21(12-14-22)27(32-18-20-10-15-23(30)16-20)25-9-5-4-8-24(25)26(31)29(27)17-19-6-2-1-3-7-19/h1-15,20,23,30H,16-18H2/t20-,23+,27?/m0/s1. The predicted molar refractivity (Wildman–Crippen MR) is 124 cm³/mol. The number of fused-ring (bicyclic) bond motifs is 1. The molecule has 1 unspecified atom stereocenters. The summed E-state index contributed by atoms with van der Waals surface area (Å²) < 4.78 is 6.73. The van der Waals surface area contributed by atoms with Crippen LogP contribution in [0.3, 0.4) is 0 Å². The number of ether oxygens (including phenoxy) is 1. The van der Waals surface area contributed by atoms with Crippen LogP contribution in [0.5, 0.6) is 0 Å². The van der Waals surface area contributed by atoms with E-state index in [2.05, 4.69) is 0 Å². The van der Waals surface area contributed by atoms with Crippen LogP contribution in [0, 0.1) is 5.92 Å². The molecular formula is C27H24ClNO3. The molecule has 3 atom stereocenters. The van der Waals surface area contributed by atoms with Gasteiger partial charge in [-0.2, -0.15) is 0 Å². The molecule has 0 bridgehead atoms. The van der Waals surface area contributed by atoms with E-state index in [0.717, 1.165) is 16.7 Å². The monoisotopic (exact) mass is 445 g/mol. The maximum absolute atomic E-state index is 13.7. The minimum absolute atomic E-state index is 0.0681. The van der Waals surface area contributed by atoms with Crippen LogP contribution in [0.15, 0.2) is 91.0 Å². The Morgan fingerprint density at radius 2 is 1.69 bits per heavy atom. The molecular weight excluding hydrogens is 422 g/mol. The predicted octanol–water partition coefficient (Wildman–Crippen LogP) is 5.15. The zero-order chi connectivity index (χ0) is 22.1. The Morgan fingerprint density at radius 1 is 0.969 bits per heavy atom. The van der Waals surface area contributed by atoms with Crippen molar-refractivity contribution >= 4 is 17.5 Å². The average molecular weight is 446 g/mol. The summed E-state index contributed by atoms with van der Waals surface area (Å²) in [5, 5.41) is 10.6. The summed E-state index contributed by atoms with van der Waals surface area (Å²) in [6.07, 6.45) is 3.96. The summed E-state index contributed by atoms with van der Waals surface area (Å²) in [7, 11) is 0. The number of hydrogen-bond acceptors (Lipinski definition) is 3. The molecule has 3 aromatic carbocycles. The molecule has 0 radical (unpaired) electrons. The maximum atomic E-state index is 13.7. The lowest BCUT2D eigenvalue weighted by atomic mass is 9.93. The van der Waals surface area contributed by atoms with Crippen molar-refractivity contribution in [1.82, 2.24) is 4.90 Å². The van der Waals surface area contributed by atoms with E-state index in [0.29, 0.717) is 30.2 Å². The summed E-state index contributed by atoms with van der Waals surface area (Å²) in [4.78, 5) is 15.5. The Bertz CT molecular complexity index is 1150. The third kappa shape index (κ3) is 3.65. The molecule has 32 heavy (non-hydrogen) atoms. The van der Waals surface area contributed by atoms with Crippen LogP contribution in [-0.4, -0.2) is 28.6 Å². The van der Waals surface area contributed by atoms with E-state index in [4.69, 9.17) is 16.3 Å². The van der Waals surface area contributed by atoms with E-state index in [9.17, 15) is 9.90 Å². The van der Waals surface area contributed by atoms with Gasteiger partial charge >= 0.3 is 0 Å². The van der Waals surface area contributed by atoms with Crippen molar-refractivity contribution in [3.8, 4) is 0 Å². The van der Waals surface area contributed by atoms with E-state index in [1.54, 1.807) is 6.08 Å². The van der Waals surface area contributed by atoms with Gasteiger partial charge in [0.2, 0.25) is 0 Å². The topological polar surface area (TPSA) is 49.8 Å². The fourth-order valence-corrected chi connectivity index (χ4v) is 4.80. The first-order chi connectivity index (χ1) is 15.6. The molecule has 1 heterocycles. The van der Waals surface area contributed by atoms with Crippen molar-refractivity contribution in [1.29, 1.82) is 0 Å². The molecule has 0 spiro atoms. The second-order valence-corrected chi connectivity index (χ2v) is 8.77. The van der Waals surface area contributed by atoms with Gasteiger partial charge in [0.05, 0.1) is 12.7 Å². The van der Waals surface area contributed by atoms with E-state index < -0.39 is 11.8 Å². The number of aliphatic hydroxyl groups is 1. The summed E-state index contributed by atoms with van der Waals surface area (Å²) in [6.45, 7) is 0.781. The van der Waals surface area contributed by atoms with Crippen LogP contribution >= 0.6 is 11.6 Å². The van der Waals surface area contributed by atoms with Gasteiger partial charge in [0, 0.05) is 34.2 Å². The lowest BCUT2D eigenvalue weighted by Crippen LogP contribution is -2.47. The molecule has 0 saturated heterocycles. The number of carbonyl (C=O) groups excluding carboxylic acids is 1. The molecule has 5 rings (SSSR count). The van der Waals surface area contributed by atoms with Gasteiger partial charge in [-0.1, -0.05) is 84.4 Å². The van der Waals surface area contributed by atoms with Gasteiger partial charge in [-0.15, -0.1) is 0 Å². The number of halogens is 1. The molecule has 1 aliphatic heterocycles. The van der Waals surface area contributed by atoms with Crippen molar-refractivity contribution in [3.05, 3.63) is 118 Å². The van der Waals surface area contributed by atoms with Gasteiger partial charge in [0.25, 0.3) is 5.91 Å². The van der Waals surface area contributed by atoms with E-state index in [-0.39, 0.29) is 11.8 Å². The van der Waals surface area contributed by atoms with E-state index in [1.165, 1.54) is 0 Å². The molecule has 1 amide bonds. The van der Waals surface area contributed by atoms with Crippen molar-refractivity contribution in [3.63, 3.8) is 0 Å². The fourth-order valence-electron chi connectivity index (χ4n) is 4.68. The first-order valence-corrected chi connectivity index (χ1v) is 11.2. The molecule has 162 valence electrons. The number of hydrogen-bond donors (Lipinski definition) is 1. The van der Waals surface area contributed by atoms with Gasteiger partial charge in [-0.25, -0.2) is 0 Å². The Labute approximate surface area is 192 Å². The van der Waals surface area contributed by atoms with Crippen molar-refractivity contribution in [2.75, 3.05) is 6.61 Å². The van der Waals surface area contributed by atoms with Gasteiger partial charge in [0.15, 0.2) is 5.72 Å². The lowest BCUT2D eigenvalue weighted by Gasteiger charge is -2.40. The minimum Gasteiger partial charge on any atom is -0.389 e. The molecule has 1 N–H and O–H groups in total. The van der Waals surface area contributed by atoms with Gasteiger partial charge < -0.3 is 9.84 Å². The molecule has 0 saturated carbocycles. The highest BCUT2D eigenvalue weighted by molar-refractivity contribution is 6.30. The third-order valence-electron chi connectivity index (χ3n) is 6.22. The number of amides is 1. The smallest absolute Gasteiger partial charge is 0.257 e. The van der Waals surface area contributed by atoms with Crippen LogP contribution < -0.4 is 0 Å².